The number of hydrogen-bond acceptors (Lipinski definition) is 10. The van der Waals surface area contributed by atoms with Gasteiger partial charge >= 0.3 is 26.0 Å². The molecule has 41 heavy (non-hydrogen) atoms. The van der Waals surface area contributed by atoms with Gasteiger partial charge in [0.2, 0.25) is 18.5 Å². The van der Waals surface area contributed by atoms with Crippen molar-refractivity contribution < 1.29 is 52.1 Å². The third-order valence-corrected chi connectivity index (χ3v) is 7.53. The number of carboxylic acids is 1. The number of carboxylic acid groups (broad SMARTS) is 1. The third-order valence-electron chi connectivity index (χ3n) is 6.13. The van der Waals surface area contributed by atoms with E-state index in [0.29, 0.717) is 32.1 Å². The van der Waals surface area contributed by atoms with Gasteiger partial charge in [0, 0.05) is 18.9 Å². The summed E-state index contributed by atoms with van der Waals surface area (Å²) in [6, 6.07) is -1.08. The summed E-state index contributed by atoms with van der Waals surface area (Å²) < 4.78 is 50.2. The lowest BCUT2D eigenvalue weighted by atomic mass is 10.1. The Kier molecular flexibility index (Phi) is 19.1. The van der Waals surface area contributed by atoms with Crippen molar-refractivity contribution in [3.63, 3.8) is 0 Å². The monoisotopic (exact) mass is 611 g/mol. The lowest BCUT2D eigenvalue weighted by molar-refractivity contribution is -0.141. The van der Waals surface area contributed by atoms with E-state index in [9.17, 15) is 24.1 Å². The van der Waals surface area contributed by atoms with Crippen molar-refractivity contribution in [2.45, 2.75) is 112 Å². The first-order valence-electron chi connectivity index (χ1n) is 14.2. The smallest absolute Gasteiger partial charge is 0.480 e. The standard InChI is InChI=1S/C26H50N3O11P/c1-9-14-15-20(21(30)31)29(8)24(27)28-41(34,39-22(18(6)12-4)37-25(32)35-16-10-2)40-23(19(7)13-5)38-26(33)36-17-11-3/h18-20,22-23H,9-17H2,1-8H3,(H,30,31)(H2,27,28,34). The molecule has 240 valence electrons. The molecule has 0 radical (unpaired) electrons. The molecule has 0 aliphatic carbocycles. The van der Waals surface area contributed by atoms with Gasteiger partial charge in [-0.3, -0.25) is 0 Å². The van der Waals surface area contributed by atoms with Crippen LogP contribution in [0.5, 0.6) is 0 Å². The van der Waals surface area contributed by atoms with Crippen LogP contribution in [0.15, 0.2) is 4.76 Å². The van der Waals surface area contributed by atoms with Gasteiger partial charge < -0.3 is 34.7 Å². The number of unbranched alkanes of at least 4 members (excludes halogenated alkanes) is 1. The number of carbonyl (C=O) groups excluding carboxylic acids is 2. The molecule has 0 amide bonds. The van der Waals surface area contributed by atoms with Crippen LogP contribution in [0.2, 0.25) is 0 Å². The van der Waals surface area contributed by atoms with E-state index < -0.39 is 62.4 Å². The molecule has 0 saturated carbocycles. The van der Waals surface area contributed by atoms with Crippen molar-refractivity contribution in [1.29, 1.82) is 0 Å². The van der Waals surface area contributed by atoms with Crippen LogP contribution in [0.4, 0.5) is 9.59 Å². The average molecular weight is 612 g/mol. The first-order chi connectivity index (χ1) is 19.3. The van der Waals surface area contributed by atoms with Crippen LogP contribution < -0.4 is 5.73 Å². The molecular formula is C26H50N3O11P. The zero-order valence-corrected chi connectivity index (χ0v) is 26.6. The minimum absolute atomic E-state index is 0.0915. The van der Waals surface area contributed by atoms with E-state index in [1.807, 2.05) is 6.92 Å². The number of likely N-dealkylation sites (N-methyl/N-ethyl adjacent to an activating group) is 1. The number of aliphatic carboxylic acids is 1. The number of rotatable bonds is 20. The normalized spacial score (nSPS) is 16.8. The van der Waals surface area contributed by atoms with Crippen molar-refractivity contribution in [3.05, 3.63) is 0 Å². The molecule has 0 fully saturated rings. The van der Waals surface area contributed by atoms with Crippen molar-refractivity contribution in [2.75, 3.05) is 20.3 Å². The molecule has 0 saturated heterocycles. The van der Waals surface area contributed by atoms with E-state index >= 15 is 0 Å². The zero-order chi connectivity index (χ0) is 31.6. The maximum absolute atomic E-state index is 14.2. The number of nitrogens with zero attached hydrogens (tertiary/aromatic N) is 2. The van der Waals surface area contributed by atoms with Gasteiger partial charge in [-0.1, -0.05) is 61.3 Å². The number of carbonyl (C=O) groups is 3. The van der Waals surface area contributed by atoms with Crippen molar-refractivity contribution in [3.8, 4) is 0 Å². The average Bonchev–Trinajstić information content (AvgIpc) is 2.92. The maximum atomic E-state index is 14.2. The lowest BCUT2D eigenvalue weighted by Gasteiger charge is -2.30. The van der Waals surface area contributed by atoms with Crippen LogP contribution in [0.3, 0.4) is 0 Å². The molecular weight excluding hydrogens is 561 g/mol. The van der Waals surface area contributed by atoms with E-state index in [1.54, 1.807) is 41.5 Å². The molecule has 0 aliphatic rings. The minimum Gasteiger partial charge on any atom is -0.480 e. The maximum Gasteiger partial charge on any atom is 0.510 e. The fourth-order valence-electron chi connectivity index (χ4n) is 3.07. The van der Waals surface area contributed by atoms with Gasteiger partial charge in [0.05, 0.1) is 13.2 Å². The first-order valence-corrected chi connectivity index (χ1v) is 15.7. The second-order valence-corrected chi connectivity index (χ2v) is 11.2. The summed E-state index contributed by atoms with van der Waals surface area (Å²) in [4.78, 5) is 37.6. The van der Waals surface area contributed by atoms with Gasteiger partial charge in [0.25, 0.3) is 0 Å². The molecule has 3 N–H and O–H groups in total. The Morgan fingerprint density at radius 1 is 0.854 bits per heavy atom. The van der Waals surface area contributed by atoms with E-state index in [0.717, 1.165) is 11.3 Å². The van der Waals surface area contributed by atoms with E-state index in [-0.39, 0.29) is 19.6 Å². The van der Waals surface area contributed by atoms with Crippen LogP contribution in [-0.2, 0) is 37.4 Å². The number of hydrogen-bond donors (Lipinski definition) is 2. The Balaban J connectivity index is 6.57. The van der Waals surface area contributed by atoms with Crippen molar-refractivity contribution in [1.82, 2.24) is 4.90 Å². The zero-order valence-electron chi connectivity index (χ0n) is 25.7. The molecule has 0 aromatic rings. The van der Waals surface area contributed by atoms with Gasteiger partial charge in [-0.15, -0.1) is 4.76 Å². The molecule has 5 atom stereocenters. The molecule has 0 heterocycles. The molecule has 0 aromatic carbocycles. The molecule has 0 aromatic heterocycles. The van der Waals surface area contributed by atoms with Crippen LogP contribution in [0.25, 0.3) is 0 Å². The van der Waals surface area contributed by atoms with Crippen LogP contribution in [0.1, 0.15) is 93.4 Å². The van der Waals surface area contributed by atoms with Crippen molar-refractivity contribution >= 4 is 32.0 Å². The lowest BCUT2D eigenvalue weighted by Crippen LogP contribution is -2.46. The third kappa shape index (κ3) is 14.8. The highest BCUT2D eigenvalue weighted by Crippen LogP contribution is 2.54. The van der Waals surface area contributed by atoms with E-state index in [2.05, 4.69) is 4.76 Å². The van der Waals surface area contributed by atoms with Gasteiger partial charge in [-0.25, -0.2) is 28.0 Å². The summed E-state index contributed by atoms with van der Waals surface area (Å²) in [5, 5.41) is 9.73. The topological polar surface area (TPSA) is 186 Å². The molecule has 0 aliphatic heterocycles. The number of ether oxygens (including phenoxy) is 4. The van der Waals surface area contributed by atoms with Gasteiger partial charge in [0.1, 0.15) is 6.04 Å². The largest absolute Gasteiger partial charge is 0.510 e. The van der Waals surface area contributed by atoms with E-state index in [1.165, 1.54) is 7.05 Å². The Labute approximate surface area is 243 Å². The summed E-state index contributed by atoms with van der Waals surface area (Å²) in [7, 11) is -3.39. The summed E-state index contributed by atoms with van der Waals surface area (Å²) in [6.07, 6.45) is -1.51. The molecule has 14 nitrogen and oxygen atoms in total. The van der Waals surface area contributed by atoms with Crippen LogP contribution >= 0.6 is 7.75 Å². The summed E-state index contributed by atoms with van der Waals surface area (Å²) in [5.74, 6) is -2.65. The number of guanidine groups is 1. The molecule has 15 heteroatoms. The summed E-state index contributed by atoms with van der Waals surface area (Å²) >= 11 is 0. The van der Waals surface area contributed by atoms with Gasteiger partial charge in [-0.05, 0) is 32.1 Å². The fourth-order valence-corrected chi connectivity index (χ4v) is 4.63. The Morgan fingerprint density at radius 2 is 1.29 bits per heavy atom. The molecule has 0 rings (SSSR count). The molecule has 5 unspecified atom stereocenters. The van der Waals surface area contributed by atoms with Gasteiger partial charge in [0.15, 0.2) is 0 Å². The Bertz CT molecular complexity index is 832. The summed E-state index contributed by atoms with van der Waals surface area (Å²) in [6.45, 7) is 12.6. The number of nitrogens with two attached hydrogens (primary N) is 1. The van der Waals surface area contributed by atoms with Gasteiger partial charge in [-0.2, -0.15) is 0 Å². The van der Waals surface area contributed by atoms with Crippen LogP contribution in [0, 0.1) is 11.8 Å². The Hall–Kier alpha value is -2.57. The van der Waals surface area contributed by atoms with E-state index in [4.69, 9.17) is 33.7 Å². The second-order valence-electron chi connectivity index (χ2n) is 9.69. The summed E-state index contributed by atoms with van der Waals surface area (Å²) in [5.41, 5.74) is 6.13. The highest BCUT2D eigenvalue weighted by molar-refractivity contribution is 7.52. The second kappa shape index (κ2) is 20.3. The SMILES string of the molecule is CCCCC(C(=O)O)N(C)C(N)=NP(=O)(OC(OC(=O)OCCC)C(C)CC)OC(OC(=O)OCCC)C(C)CC. The minimum atomic E-state index is -4.77. The quantitative estimate of drug-likeness (QED) is 0.0546. The Morgan fingerprint density at radius 3 is 1.63 bits per heavy atom. The predicted molar refractivity (Wildman–Crippen MR) is 152 cm³/mol. The fraction of sp³-hybridized carbons (Fsp3) is 0.846. The van der Waals surface area contributed by atoms with Crippen LogP contribution in [-0.4, -0.2) is 73.1 Å². The highest BCUT2D eigenvalue weighted by Gasteiger charge is 2.40. The predicted octanol–water partition coefficient (Wildman–Crippen LogP) is 5.89. The molecule has 0 spiro atoms. The highest BCUT2D eigenvalue weighted by atomic mass is 31.2. The molecule has 0 bridgehead atoms. The first kappa shape index (κ1) is 38.4. The van der Waals surface area contributed by atoms with Crippen molar-refractivity contribution in [2.24, 2.45) is 22.3 Å².